The average Bonchev–Trinajstić information content (AvgIpc) is 3.30. The number of ether oxygens (including phenoxy) is 2. The van der Waals surface area contributed by atoms with Crippen LogP contribution in [0.3, 0.4) is 0 Å². The number of halogens is 2. The van der Waals surface area contributed by atoms with Crippen LogP contribution in [0.15, 0.2) is 42.5 Å². The maximum Gasteiger partial charge on any atom is 0.123 e. The van der Waals surface area contributed by atoms with Crippen molar-refractivity contribution in [2.24, 2.45) is 5.92 Å². The van der Waals surface area contributed by atoms with Crippen LogP contribution in [0.1, 0.15) is 61.5 Å². The first-order valence-corrected chi connectivity index (χ1v) is 11.0. The summed E-state index contributed by atoms with van der Waals surface area (Å²) in [6.45, 7) is 0.578. The topological polar surface area (TPSA) is 38.7 Å². The summed E-state index contributed by atoms with van der Waals surface area (Å²) < 4.78 is 40.2. The Bertz CT molecular complexity index is 896. The Hall–Kier alpha value is -1.98. The molecule has 1 saturated heterocycles. The fourth-order valence-electron chi connectivity index (χ4n) is 5.63. The fraction of sp³-hybridized carbons (Fsp3) is 0.520. The molecule has 1 heterocycles. The van der Waals surface area contributed by atoms with E-state index in [4.69, 9.17) is 9.47 Å². The van der Waals surface area contributed by atoms with E-state index in [1.54, 1.807) is 24.3 Å². The van der Waals surface area contributed by atoms with Crippen LogP contribution in [0.2, 0.25) is 0 Å². The number of hydrogen-bond acceptors (Lipinski definition) is 3. The Balaban J connectivity index is 1.44. The molecule has 1 aliphatic heterocycles. The maximum absolute atomic E-state index is 14.1. The van der Waals surface area contributed by atoms with Crippen molar-refractivity contribution in [2.45, 2.75) is 62.1 Å². The molecule has 3 aliphatic rings. The van der Waals surface area contributed by atoms with Crippen molar-refractivity contribution in [3.05, 3.63) is 65.2 Å². The second-order valence-corrected chi connectivity index (χ2v) is 9.14. The molecule has 2 aliphatic carbocycles. The zero-order valence-electron chi connectivity index (χ0n) is 17.0. The minimum atomic E-state index is -0.421. The quantitative estimate of drug-likeness (QED) is 0.719. The molecule has 0 bridgehead atoms. The molecule has 0 unspecified atom stereocenters. The molecule has 5 rings (SSSR count). The maximum atomic E-state index is 14.1. The number of aliphatic hydroxyl groups excluding tert-OH is 1. The normalized spacial score (nSPS) is 31.2. The van der Waals surface area contributed by atoms with Crippen LogP contribution < -0.4 is 4.74 Å². The van der Waals surface area contributed by atoms with Crippen molar-refractivity contribution < 1.29 is 23.4 Å². The highest BCUT2D eigenvalue weighted by atomic mass is 19.1. The lowest BCUT2D eigenvalue weighted by atomic mass is 9.76. The van der Waals surface area contributed by atoms with E-state index in [9.17, 15) is 13.9 Å². The summed E-state index contributed by atoms with van der Waals surface area (Å²) in [5.41, 5.74) is 1.46. The Morgan fingerprint density at radius 2 is 1.80 bits per heavy atom. The molecule has 0 radical (unpaired) electrons. The van der Waals surface area contributed by atoms with Gasteiger partial charge in [0.15, 0.2) is 0 Å². The summed E-state index contributed by atoms with van der Waals surface area (Å²) in [5, 5.41) is 9.99. The summed E-state index contributed by atoms with van der Waals surface area (Å²) in [5.74, 6) is 0.346. The fourth-order valence-corrected chi connectivity index (χ4v) is 5.63. The lowest BCUT2D eigenvalue weighted by molar-refractivity contribution is -0.0122. The van der Waals surface area contributed by atoms with Crippen molar-refractivity contribution in [1.82, 2.24) is 0 Å². The molecule has 1 N–H and O–H groups in total. The number of hydrogen-bond donors (Lipinski definition) is 1. The van der Waals surface area contributed by atoms with Crippen molar-refractivity contribution in [3.63, 3.8) is 0 Å². The molecule has 5 heteroatoms. The third-order valence-corrected chi connectivity index (χ3v) is 7.36. The molecule has 2 saturated carbocycles. The van der Waals surface area contributed by atoms with Gasteiger partial charge in [0.05, 0.1) is 18.3 Å². The van der Waals surface area contributed by atoms with Crippen molar-refractivity contribution >= 4 is 0 Å². The summed E-state index contributed by atoms with van der Waals surface area (Å²) in [4.78, 5) is 0. The van der Waals surface area contributed by atoms with E-state index in [-0.39, 0.29) is 42.1 Å². The molecule has 0 amide bonds. The average molecular weight is 414 g/mol. The summed E-state index contributed by atoms with van der Waals surface area (Å²) in [6.07, 6.45) is 5.95. The predicted octanol–water partition coefficient (Wildman–Crippen LogP) is 5.32. The van der Waals surface area contributed by atoms with Gasteiger partial charge in [-0.05, 0) is 80.3 Å². The van der Waals surface area contributed by atoms with Crippen LogP contribution in [-0.4, -0.2) is 30.0 Å². The summed E-state index contributed by atoms with van der Waals surface area (Å²) in [7, 11) is 0. The molecule has 1 spiro atoms. The Labute approximate surface area is 176 Å². The zero-order chi connectivity index (χ0) is 20.7. The van der Waals surface area contributed by atoms with Crippen LogP contribution in [0.4, 0.5) is 8.78 Å². The molecule has 0 aromatic heterocycles. The van der Waals surface area contributed by atoms with E-state index in [0.29, 0.717) is 6.61 Å². The van der Waals surface area contributed by atoms with Crippen molar-refractivity contribution in [3.8, 4) is 5.75 Å². The third-order valence-electron chi connectivity index (χ3n) is 7.36. The Kier molecular flexibility index (Phi) is 5.28. The number of aliphatic hydroxyl groups is 1. The lowest BCUT2D eigenvalue weighted by Gasteiger charge is -2.33. The zero-order valence-corrected chi connectivity index (χ0v) is 17.0. The smallest absolute Gasteiger partial charge is 0.123 e. The Morgan fingerprint density at radius 3 is 2.50 bits per heavy atom. The minimum Gasteiger partial charge on any atom is -0.490 e. The van der Waals surface area contributed by atoms with E-state index in [2.05, 4.69) is 0 Å². The van der Waals surface area contributed by atoms with Gasteiger partial charge in [0.1, 0.15) is 17.4 Å². The predicted molar refractivity (Wildman–Crippen MR) is 110 cm³/mol. The number of benzene rings is 2. The monoisotopic (exact) mass is 414 g/mol. The summed E-state index contributed by atoms with van der Waals surface area (Å²) in [6, 6.07) is 11.4. The van der Waals surface area contributed by atoms with Gasteiger partial charge in [-0.2, -0.15) is 0 Å². The molecule has 160 valence electrons. The molecule has 3 nitrogen and oxygen atoms in total. The standard InChI is InChI=1S/C25H28F2O3/c26-19-6-4-16(5-7-19)24-17(14-28)10-11-25(24)13-18(15-29-25)22-12-20(27)8-9-23(22)30-21-2-1-3-21/h4-9,12,17-18,21,24,28H,1-3,10-11,13-15H2/t17-,18-,24-,25-/m1/s1. The van der Waals surface area contributed by atoms with Gasteiger partial charge < -0.3 is 14.6 Å². The molecule has 2 aromatic carbocycles. The van der Waals surface area contributed by atoms with Crippen LogP contribution in [0.5, 0.6) is 5.75 Å². The highest BCUT2D eigenvalue weighted by Gasteiger charge is 2.54. The van der Waals surface area contributed by atoms with Gasteiger partial charge in [-0.15, -0.1) is 0 Å². The second kappa shape index (κ2) is 7.93. The second-order valence-electron chi connectivity index (χ2n) is 9.14. The van der Waals surface area contributed by atoms with Gasteiger partial charge in [0, 0.05) is 24.0 Å². The van der Waals surface area contributed by atoms with Crippen LogP contribution in [0.25, 0.3) is 0 Å². The van der Waals surface area contributed by atoms with Gasteiger partial charge in [0.2, 0.25) is 0 Å². The molecule has 30 heavy (non-hydrogen) atoms. The van der Waals surface area contributed by atoms with Crippen molar-refractivity contribution in [1.29, 1.82) is 0 Å². The Morgan fingerprint density at radius 1 is 1.03 bits per heavy atom. The first-order chi connectivity index (χ1) is 14.6. The van der Waals surface area contributed by atoms with E-state index in [0.717, 1.165) is 49.0 Å². The van der Waals surface area contributed by atoms with Crippen LogP contribution in [0, 0.1) is 17.6 Å². The summed E-state index contributed by atoms with van der Waals surface area (Å²) >= 11 is 0. The SMILES string of the molecule is OC[C@H]1CC[C@@]2(C[C@@H](c3cc(F)ccc3OC3CCC3)CO2)[C@@H]1c1ccc(F)cc1. The van der Waals surface area contributed by atoms with E-state index in [1.165, 1.54) is 24.6 Å². The van der Waals surface area contributed by atoms with Crippen LogP contribution in [-0.2, 0) is 4.74 Å². The molecule has 3 fully saturated rings. The van der Waals surface area contributed by atoms with Gasteiger partial charge >= 0.3 is 0 Å². The molecule has 2 aromatic rings. The highest BCUT2D eigenvalue weighted by Crippen LogP contribution is 2.57. The number of rotatable bonds is 5. The van der Waals surface area contributed by atoms with Crippen molar-refractivity contribution in [2.75, 3.05) is 13.2 Å². The first-order valence-electron chi connectivity index (χ1n) is 11.0. The van der Waals surface area contributed by atoms with Gasteiger partial charge in [0.25, 0.3) is 0 Å². The largest absolute Gasteiger partial charge is 0.490 e. The molecular formula is C25H28F2O3. The van der Waals surface area contributed by atoms with Gasteiger partial charge in [-0.25, -0.2) is 8.78 Å². The van der Waals surface area contributed by atoms with E-state index < -0.39 is 5.60 Å². The first kappa shape index (κ1) is 20.0. The third kappa shape index (κ3) is 3.52. The molecular weight excluding hydrogens is 386 g/mol. The van der Waals surface area contributed by atoms with E-state index in [1.807, 2.05) is 0 Å². The van der Waals surface area contributed by atoms with Gasteiger partial charge in [-0.3, -0.25) is 0 Å². The van der Waals surface area contributed by atoms with Gasteiger partial charge in [-0.1, -0.05) is 12.1 Å². The van der Waals surface area contributed by atoms with Crippen LogP contribution >= 0.6 is 0 Å². The lowest BCUT2D eigenvalue weighted by Crippen LogP contribution is -2.34. The molecule has 4 atom stereocenters. The minimum absolute atomic E-state index is 0.00217. The van der Waals surface area contributed by atoms with E-state index >= 15 is 0 Å². The highest BCUT2D eigenvalue weighted by molar-refractivity contribution is 5.39.